The minimum atomic E-state index is -0.345. The topological polar surface area (TPSA) is 17.1 Å². The van der Waals surface area contributed by atoms with Crippen molar-refractivity contribution in [1.29, 1.82) is 0 Å². The number of carbonyl (C=O) groups is 1. The zero-order chi connectivity index (χ0) is 14.0. The molecule has 2 heteroatoms. The van der Waals surface area contributed by atoms with Crippen molar-refractivity contribution in [2.45, 2.75) is 20.8 Å². The molecule has 0 radical (unpaired) electrons. The smallest absolute Gasteiger partial charge is 0.168 e. The normalized spacial score (nSPS) is 11.4. The predicted molar refractivity (Wildman–Crippen MR) is 80.7 cm³/mol. The van der Waals surface area contributed by atoms with Gasteiger partial charge in [-0.15, -0.1) is 0 Å². The highest BCUT2D eigenvalue weighted by molar-refractivity contribution is 6.30. The van der Waals surface area contributed by atoms with Gasteiger partial charge in [-0.2, -0.15) is 0 Å². The summed E-state index contributed by atoms with van der Waals surface area (Å²) in [5.74, 6) is 0.162. The monoisotopic (exact) mass is 272 g/mol. The molecule has 0 heterocycles. The van der Waals surface area contributed by atoms with Crippen LogP contribution >= 0.6 is 11.6 Å². The molecule has 0 aliphatic rings. The summed E-state index contributed by atoms with van der Waals surface area (Å²) in [6, 6.07) is 15.4. The van der Waals surface area contributed by atoms with Gasteiger partial charge in [-0.25, -0.2) is 0 Å². The molecule has 98 valence electrons. The van der Waals surface area contributed by atoms with E-state index in [1.54, 1.807) is 0 Å². The number of benzene rings is 2. The number of halogens is 1. The van der Waals surface area contributed by atoms with Gasteiger partial charge in [0.05, 0.1) is 0 Å². The maximum atomic E-state index is 12.1. The molecule has 0 aliphatic heterocycles. The van der Waals surface area contributed by atoms with Gasteiger partial charge >= 0.3 is 0 Å². The number of carbonyl (C=O) groups excluding carboxylic acids is 1. The van der Waals surface area contributed by atoms with Gasteiger partial charge in [0.2, 0.25) is 0 Å². The largest absolute Gasteiger partial charge is 0.294 e. The highest BCUT2D eigenvalue weighted by Gasteiger charge is 2.22. The van der Waals surface area contributed by atoms with Crippen molar-refractivity contribution in [2.75, 3.05) is 0 Å². The quantitative estimate of drug-likeness (QED) is 0.684. The molecule has 0 saturated heterocycles. The molecule has 0 bridgehead atoms. The highest BCUT2D eigenvalue weighted by Crippen LogP contribution is 2.25. The molecular formula is C17H17ClO. The van der Waals surface area contributed by atoms with Crippen molar-refractivity contribution in [3.63, 3.8) is 0 Å². The van der Waals surface area contributed by atoms with E-state index < -0.39 is 0 Å². The second kappa shape index (κ2) is 5.18. The molecule has 0 amide bonds. The van der Waals surface area contributed by atoms with Crippen molar-refractivity contribution in [1.82, 2.24) is 0 Å². The Balaban J connectivity index is 2.28. The second-order valence-corrected chi connectivity index (χ2v) is 6.10. The fraction of sp³-hybridized carbons (Fsp3) is 0.235. The highest BCUT2D eigenvalue weighted by atomic mass is 35.5. The van der Waals surface area contributed by atoms with Crippen LogP contribution in [0.1, 0.15) is 31.1 Å². The van der Waals surface area contributed by atoms with Gasteiger partial charge in [0.15, 0.2) is 5.78 Å². The van der Waals surface area contributed by atoms with Crippen LogP contribution in [-0.4, -0.2) is 5.78 Å². The van der Waals surface area contributed by atoms with Crippen LogP contribution in [0.4, 0.5) is 0 Å². The predicted octanol–water partition coefficient (Wildman–Crippen LogP) is 5.24. The van der Waals surface area contributed by atoms with Crippen molar-refractivity contribution >= 4 is 17.4 Å². The third-order valence-corrected chi connectivity index (χ3v) is 3.26. The average Bonchev–Trinajstić information content (AvgIpc) is 2.38. The number of hydrogen-bond acceptors (Lipinski definition) is 1. The van der Waals surface area contributed by atoms with Crippen molar-refractivity contribution in [2.24, 2.45) is 5.41 Å². The van der Waals surface area contributed by atoms with E-state index in [1.165, 1.54) is 0 Å². The maximum absolute atomic E-state index is 12.1. The summed E-state index contributed by atoms with van der Waals surface area (Å²) < 4.78 is 0. The zero-order valence-corrected chi connectivity index (χ0v) is 12.2. The number of Topliss-reactive ketones (excluding diaryl/α,β-unsaturated/α-hetero) is 1. The lowest BCUT2D eigenvalue weighted by Gasteiger charge is -2.16. The minimum absolute atomic E-state index is 0.162. The molecule has 0 N–H and O–H groups in total. The minimum Gasteiger partial charge on any atom is -0.294 e. The first-order valence-electron chi connectivity index (χ1n) is 6.29. The van der Waals surface area contributed by atoms with E-state index >= 15 is 0 Å². The lowest BCUT2D eigenvalue weighted by molar-refractivity contribution is 0.0858. The van der Waals surface area contributed by atoms with E-state index in [1.807, 2.05) is 69.3 Å². The Morgan fingerprint density at radius 3 is 1.68 bits per heavy atom. The average molecular weight is 273 g/mol. The molecule has 0 saturated carbocycles. The molecule has 0 unspecified atom stereocenters. The lowest BCUT2D eigenvalue weighted by atomic mass is 9.86. The van der Waals surface area contributed by atoms with Crippen LogP contribution in [0, 0.1) is 5.41 Å². The summed E-state index contributed by atoms with van der Waals surface area (Å²) in [4.78, 5) is 12.1. The van der Waals surface area contributed by atoms with Gasteiger partial charge in [-0.05, 0) is 23.3 Å². The fourth-order valence-corrected chi connectivity index (χ4v) is 2.02. The van der Waals surface area contributed by atoms with E-state index in [9.17, 15) is 4.79 Å². The van der Waals surface area contributed by atoms with Gasteiger partial charge in [-0.1, -0.05) is 68.8 Å². The van der Waals surface area contributed by atoms with E-state index in [2.05, 4.69) is 0 Å². The Bertz CT molecular complexity index is 574. The second-order valence-electron chi connectivity index (χ2n) is 5.66. The lowest BCUT2D eigenvalue weighted by Crippen LogP contribution is -2.19. The van der Waals surface area contributed by atoms with Crippen LogP contribution in [0.3, 0.4) is 0 Å². The van der Waals surface area contributed by atoms with Gasteiger partial charge < -0.3 is 0 Å². The first kappa shape index (κ1) is 13.8. The molecule has 0 atom stereocenters. The first-order valence-corrected chi connectivity index (χ1v) is 6.66. The summed E-state index contributed by atoms with van der Waals surface area (Å²) in [6.45, 7) is 5.80. The molecule has 0 spiro atoms. The van der Waals surface area contributed by atoms with Gasteiger partial charge in [0.1, 0.15) is 0 Å². The van der Waals surface area contributed by atoms with Crippen molar-refractivity contribution in [3.05, 3.63) is 59.1 Å². The Kier molecular flexibility index (Phi) is 3.77. The van der Waals surface area contributed by atoms with Gasteiger partial charge in [-0.3, -0.25) is 4.79 Å². The molecule has 0 fully saturated rings. The summed E-state index contributed by atoms with van der Waals surface area (Å²) in [5, 5.41) is 0.725. The van der Waals surface area contributed by atoms with Crippen LogP contribution in [-0.2, 0) is 0 Å². The first-order chi connectivity index (χ1) is 8.88. The van der Waals surface area contributed by atoms with Crippen LogP contribution in [0.5, 0.6) is 0 Å². The molecular weight excluding hydrogens is 256 g/mol. The van der Waals surface area contributed by atoms with E-state index in [0.717, 1.165) is 21.7 Å². The molecule has 2 aromatic carbocycles. The van der Waals surface area contributed by atoms with Crippen molar-refractivity contribution < 1.29 is 4.79 Å². The maximum Gasteiger partial charge on any atom is 0.168 e. The molecule has 0 aromatic heterocycles. The number of ketones is 1. The summed E-state index contributed by atoms with van der Waals surface area (Å²) in [6.07, 6.45) is 0. The molecule has 0 aliphatic carbocycles. The molecule has 1 nitrogen and oxygen atoms in total. The number of hydrogen-bond donors (Lipinski definition) is 0. The van der Waals surface area contributed by atoms with Gasteiger partial charge in [0, 0.05) is 16.0 Å². The van der Waals surface area contributed by atoms with E-state index in [-0.39, 0.29) is 11.2 Å². The zero-order valence-electron chi connectivity index (χ0n) is 11.4. The Hall–Kier alpha value is -1.60. The van der Waals surface area contributed by atoms with Crippen LogP contribution in [0.15, 0.2) is 48.5 Å². The third kappa shape index (κ3) is 3.24. The number of rotatable bonds is 2. The third-order valence-electron chi connectivity index (χ3n) is 3.01. The molecule has 2 aromatic rings. The summed E-state index contributed by atoms with van der Waals surface area (Å²) >= 11 is 5.87. The summed E-state index contributed by atoms with van der Waals surface area (Å²) in [7, 11) is 0. The molecule has 2 rings (SSSR count). The van der Waals surface area contributed by atoms with E-state index in [4.69, 9.17) is 11.6 Å². The summed E-state index contributed by atoms with van der Waals surface area (Å²) in [5.41, 5.74) is 2.59. The molecule has 19 heavy (non-hydrogen) atoms. The van der Waals surface area contributed by atoms with Crippen LogP contribution in [0.25, 0.3) is 11.1 Å². The van der Waals surface area contributed by atoms with Crippen LogP contribution < -0.4 is 0 Å². The van der Waals surface area contributed by atoms with Crippen molar-refractivity contribution in [3.8, 4) is 11.1 Å². The SMILES string of the molecule is CC(C)(C)C(=O)c1ccc(-c2ccc(Cl)cc2)cc1. The standard InChI is InChI=1S/C17H17ClO/c1-17(2,3)16(19)14-6-4-12(5-7-14)13-8-10-15(18)11-9-13/h4-11H,1-3H3. The van der Waals surface area contributed by atoms with Crippen LogP contribution in [0.2, 0.25) is 5.02 Å². The van der Waals surface area contributed by atoms with Gasteiger partial charge in [0.25, 0.3) is 0 Å². The Labute approximate surface area is 119 Å². The Morgan fingerprint density at radius 1 is 0.842 bits per heavy atom. The Morgan fingerprint density at radius 2 is 1.26 bits per heavy atom. The fourth-order valence-electron chi connectivity index (χ4n) is 1.89. The van der Waals surface area contributed by atoms with E-state index in [0.29, 0.717) is 0 Å².